The summed E-state index contributed by atoms with van der Waals surface area (Å²) in [5.41, 5.74) is 3.40. The van der Waals surface area contributed by atoms with Crippen LogP contribution in [0.5, 0.6) is 0 Å². The molecule has 2 aliphatic rings. The zero-order chi connectivity index (χ0) is 17.6. The Balaban J connectivity index is 1.74. The monoisotopic (exact) mass is 347 g/mol. The molecule has 0 atom stereocenters. The lowest BCUT2D eigenvalue weighted by Crippen LogP contribution is -2.35. The van der Waals surface area contributed by atoms with Gasteiger partial charge in [0.15, 0.2) is 5.82 Å². The third-order valence-corrected chi connectivity index (χ3v) is 4.92. The molecule has 2 aliphatic heterocycles. The molecular formula is C17H19F2N5O. The Bertz CT molecular complexity index is 819. The topological polar surface area (TPSA) is 65.1 Å². The molecular weight excluding hydrogens is 328 g/mol. The van der Waals surface area contributed by atoms with E-state index in [0.29, 0.717) is 25.3 Å². The highest BCUT2D eigenvalue weighted by molar-refractivity contribution is 5.74. The Kier molecular flexibility index (Phi) is 3.89. The number of alkyl halides is 2. The maximum Gasteiger partial charge on any atom is 0.265 e. The quantitative estimate of drug-likeness (QED) is 0.907. The van der Waals surface area contributed by atoms with Crippen molar-refractivity contribution in [3.63, 3.8) is 0 Å². The van der Waals surface area contributed by atoms with Crippen molar-refractivity contribution in [1.29, 1.82) is 0 Å². The summed E-state index contributed by atoms with van der Waals surface area (Å²) in [4.78, 5) is 19.7. The number of fused-ring (bicyclic) bond motifs is 2. The number of anilines is 2. The molecule has 0 saturated heterocycles. The van der Waals surface area contributed by atoms with E-state index in [2.05, 4.69) is 15.2 Å². The molecule has 6 nitrogen and oxygen atoms in total. The first-order valence-electron chi connectivity index (χ1n) is 8.40. The van der Waals surface area contributed by atoms with Gasteiger partial charge >= 0.3 is 0 Å². The Labute approximate surface area is 143 Å². The Morgan fingerprint density at radius 2 is 2.16 bits per heavy atom. The molecule has 0 aromatic carbocycles. The number of carbonyl (C=O) groups is 1. The highest BCUT2D eigenvalue weighted by atomic mass is 19.3. The van der Waals surface area contributed by atoms with Crippen molar-refractivity contribution in [3.05, 3.63) is 34.8 Å². The van der Waals surface area contributed by atoms with Crippen LogP contribution in [-0.2, 0) is 24.2 Å². The molecule has 1 amide bonds. The summed E-state index contributed by atoms with van der Waals surface area (Å²) in [6.45, 7) is 3.40. The third kappa shape index (κ3) is 2.75. The number of aromatic amines is 1. The minimum absolute atomic E-state index is 0.0264. The number of hydrogen-bond donors (Lipinski definition) is 1. The van der Waals surface area contributed by atoms with E-state index in [9.17, 15) is 13.6 Å². The van der Waals surface area contributed by atoms with Crippen LogP contribution in [0.25, 0.3) is 0 Å². The molecule has 0 aliphatic carbocycles. The van der Waals surface area contributed by atoms with Gasteiger partial charge in [0.05, 0.1) is 17.9 Å². The molecule has 0 radical (unpaired) electrons. The van der Waals surface area contributed by atoms with E-state index in [1.807, 2.05) is 4.90 Å². The summed E-state index contributed by atoms with van der Waals surface area (Å²) in [5, 5.41) is 7.49. The smallest absolute Gasteiger partial charge is 0.265 e. The van der Waals surface area contributed by atoms with E-state index in [4.69, 9.17) is 0 Å². The summed E-state index contributed by atoms with van der Waals surface area (Å²) >= 11 is 0. The van der Waals surface area contributed by atoms with Gasteiger partial charge in [0.25, 0.3) is 6.43 Å². The Morgan fingerprint density at radius 3 is 2.92 bits per heavy atom. The fourth-order valence-electron chi connectivity index (χ4n) is 3.56. The molecule has 0 fully saturated rings. The second-order valence-corrected chi connectivity index (χ2v) is 6.49. The van der Waals surface area contributed by atoms with E-state index in [-0.39, 0.29) is 11.5 Å². The number of halogens is 2. The lowest BCUT2D eigenvalue weighted by atomic mass is 10.0. The largest absolute Gasteiger partial charge is 0.338 e. The van der Waals surface area contributed by atoms with Crippen LogP contribution in [0.3, 0.4) is 0 Å². The van der Waals surface area contributed by atoms with Gasteiger partial charge in [-0.3, -0.25) is 14.9 Å². The average Bonchev–Trinajstić information content (AvgIpc) is 3.03. The average molecular weight is 347 g/mol. The zero-order valence-electron chi connectivity index (χ0n) is 13.9. The Hall–Kier alpha value is -2.51. The molecule has 0 bridgehead atoms. The molecule has 0 saturated carbocycles. The third-order valence-electron chi connectivity index (χ3n) is 4.92. The van der Waals surface area contributed by atoms with Crippen LogP contribution < -0.4 is 4.90 Å². The predicted molar refractivity (Wildman–Crippen MR) is 87.9 cm³/mol. The minimum atomic E-state index is -2.55. The van der Waals surface area contributed by atoms with E-state index < -0.39 is 6.43 Å². The number of H-pyrrole nitrogens is 1. The molecule has 2 aromatic heterocycles. The Morgan fingerprint density at radius 1 is 1.32 bits per heavy atom. The van der Waals surface area contributed by atoms with Gasteiger partial charge in [0, 0.05) is 49.5 Å². The number of aryl methyl sites for hydroxylation is 1. The summed E-state index contributed by atoms with van der Waals surface area (Å²) in [5.74, 6) is 0.744. The first kappa shape index (κ1) is 16.0. The number of carbonyl (C=O) groups excluding carboxylic acids is 1. The predicted octanol–water partition coefficient (Wildman–Crippen LogP) is 2.73. The minimum Gasteiger partial charge on any atom is -0.338 e. The lowest BCUT2D eigenvalue weighted by molar-refractivity contribution is -0.129. The van der Waals surface area contributed by atoms with Crippen LogP contribution in [0.15, 0.2) is 12.3 Å². The van der Waals surface area contributed by atoms with Crippen LogP contribution >= 0.6 is 0 Å². The molecule has 2 aromatic rings. The van der Waals surface area contributed by atoms with Gasteiger partial charge in [-0.05, 0) is 18.9 Å². The van der Waals surface area contributed by atoms with Gasteiger partial charge in [0.1, 0.15) is 0 Å². The van der Waals surface area contributed by atoms with Crippen molar-refractivity contribution in [1.82, 2.24) is 20.1 Å². The van der Waals surface area contributed by atoms with Crippen molar-refractivity contribution in [2.45, 2.75) is 39.2 Å². The van der Waals surface area contributed by atoms with Crippen molar-refractivity contribution >= 4 is 17.4 Å². The first-order valence-corrected chi connectivity index (χ1v) is 8.40. The fraction of sp³-hybridized carbons (Fsp3) is 0.471. The van der Waals surface area contributed by atoms with E-state index in [1.165, 1.54) is 12.3 Å². The zero-order valence-corrected chi connectivity index (χ0v) is 13.9. The van der Waals surface area contributed by atoms with Gasteiger partial charge in [-0.15, -0.1) is 0 Å². The summed E-state index contributed by atoms with van der Waals surface area (Å²) in [6, 6.07) is 1.51. The molecule has 0 spiro atoms. The van der Waals surface area contributed by atoms with E-state index >= 15 is 0 Å². The highest BCUT2D eigenvalue weighted by Crippen LogP contribution is 2.37. The normalized spacial score (nSPS) is 16.8. The van der Waals surface area contributed by atoms with Gasteiger partial charge < -0.3 is 9.80 Å². The van der Waals surface area contributed by atoms with Gasteiger partial charge in [-0.25, -0.2) is 8.78 Å². The van der Waals surface area contributed by atoms with Crippen LogP contribution in [0.4, 0.5) is 20.3 Å². The van der Waals surface area contributed by atoms with Crippen LogP contribution in [-0.4, -0.2) is 39.1 Å². The van der Waals surface area contributed by atoms with Crippen LogP contribution in [0.2, 0.25) is 0 Å². The van der Waals surface area contributed by atoms with E-state index in [1.54, 1.807) is 11.8 Å². The second-order valence-electron chi connectivity index (χ2n) is 6.49. The van der Waals surface area contributed by atoms with Crippen molar-refractivity contribution in [2.75, 3.05) is 18.0 Å². The fourth-order valence-corrected chi connectivity index (χ4v) is 3.56. The highest BCUT2D eigenvalue weighted by Gasteiger charge is 2.29. The number of pyridine rings is 1. The maximum atomic E-state index is 13.1. The number of amides is 1. The number of hydrogen-bond acceptors (Lipinski definition) is 4. The molecule has 132 valence electrons. The SMILES string of the molecule is CC(=O)N1CCc2[nH]nc(N3CCCc4ncc(C(F)F)cc43)c2C1. The number of aromatic nitrogens is 3. The molecule has 4 heterocycles. The van der Waals surface area contributed by atoms with Crippen molar-refractivity contribution < 1.29 is 13.6 Å². The summed E-state index contributed by atoms with van der Waals surface area (Å²) in [6.07, 6.45) is 1.07. The molecule has 4 rings (SSSR count). The number of nitrogens with one attached hydrogen (secondary N) is 1. The van der Waals surface area contributed by atoms with Crippen molar-refractivity contribution in [3.8, 4) is 0 Å². The molecule has 0 unspecified atom stereocenters. The summed E-state index contributed by atoms with van der Waals surface area (Å²) < 4.78 is 26.2. The lowest BCUT2D eigenvalue weighted by Gasteiger charge is -2.32. The van der Waals surface area contributed by atoms with E-state index in [0.717, 1.165) is 42.0 Å². The first-order chi connectivity index (χ1) is 12.0. The van der Waals surface area contributed by atoms with Crippen LogP contribution in [0.1, 0.15) is 42.3 Å². The second kappa shape index (κ2) is 6.09. The van der Waals surface area contributed by atoms with Crippen LogP contribution in [0, 0.1) is 0 Å². The van der Waals surface area contributed by atoms with Gasteiger partial charge in [0.2, 0.25) is 5.91 Å². The molecule has 25 heavy (non-hydrogen) atoms. The summed E-state index contributed by atoms with van der Waals surface area (Å²) in [7, 11) is 0. The van der Waals surface area contributed by atoms with Gasteiger partial charge in [-0.2, -0.15) is 5.10 Å². The standard InChI is InChI=1S/C17H19F2N5O/c1-10(25)23-6-4-13-12(9-23)17(22-21-13)24-5-2-3-14-15(24)7-11(8-20-14)16(18)19/h7-8,16H,2-6,9H2,1H3,(H,21,22). The number of rotatable bonds is 2. The van der Waals surface area contributed by atoms with Crippen molar-refractivity contribution in [2.24, 2.45) is 0 Å². The molecule has 1 N–H and O–H groups in total. The maximum absolute atomic E-state index is 13.1. The molecule has 8 heteroatoms. The number of nitrogens with zero attached hydrogens (tertiary/aromatic N) is 4. The van der Waals surface area contributed by atoms with Gasteiger partial charge in [-0.1, -0.05) is 0 Å².